The number of nitrogens with zero attached hydrogens (tertiary/aromatic N) is 1. The summed E-state index contributed by atoms with van der Waals surface area (Å²) < 4.78 is 44.5. The Morgan fingerprint density at radius 1 is 1.09 bits per heavy atom. The second kappa shape index (κ2) is 11.2. The third kappa shape index (κ3) is 6.90. The van der Waals surface area contributed by atoms with Crippen molar-refractivity contribution in [3.63, 3.8) is 0 Å². The van der Waals surface area contributed by atoms with E-state index in [-0.39, 0.29) is 17.1 Å². The van der Waals surface area contributed by atoms with E-state index in [0.29, 0.717) is 17.1 Å². The smallest absolute Gasteiger partial charge is 0.416 e. The number of alkyl halides is 3. The number of ether oxygens (including phenoxy) is 1. The van der Waals surface area contributed by atoms with Crippen LogP contribution < -0.4 is 10.1 Å². The lowest BCUT2D eigenvalue weighted by Crippen LogP contribution is -2.36. The number of carboxylic acid groups (broad SMARTS) is 1. The maximum absolute atomic E-state index is 12.9. The number of nitrogens with one attached hydrogen (secondary N) is 1. The first-order valence-corrected chi connectivity index (χ1v) is 11.0. The van der Waals surface area contributed by atoms with E-state index in [0.717, 1.165) is 18.2 Å². The topological polar surface area (TPSA) is 82.3 Å². The molecule has 3 aromatic carbocycles. The normalized spacial score (nSPS) is 13.8. The second-order valence-electron chi connectivity index (χ2n) is 8.03. The van der Waals surface area contributed by atoms with Crippen molar-refractivity contribution in [3.8, 4) is 17.6 Å². The summed E-state index contributed by atoms with van der Waals surface area (Å²) in [4.78, 5) is 12.0. The van der Waals surface area contributed by atoms with Crippen LogP contribution in [0.5, 0.6) is 11.5 Å². The first kappa shape index (κ1) is 25.9. The van der Waals surface area contributed by atoms with E-state index in [4.69, 9.17) is 16.3 Å². The highest BCUT2D eigenvalue weighted by Gasteiger charge is 2.32. The standard InChI is InChI=1S/C26H22ClF3N2O3/c1-16(24(25(33)34)32-23-11-10-19(14-22(23)27)26(28,29)30)12-18(15-31)17-6-5-9-21(13-17)35-20-7-3-2-4-8-20/h2-11,13-14,16,18,24,32H,12H2,1H3,(H,33,34). The van der Waals surface area contributed by atoms with Gasteiger partial charge in [-0.2, -0.15) is 18.4 Å². The van der Waals surface area contributed by atoms with Crippen molar-refractivity contribution in [1.29, 1.82) is 5.26 Å². The summed E-state index contributed by atoms with van der Waals surface area (Å²) >= 11 is 5.98. The van der Waals surface area contributed by atoms with Crippen molar-refractivity contribution in [2.45, 2.75) is 31.5 Å². The van der Waals surface area contributed by atoms with Crippen LogP contribution in [-0.4, -0.2) is 17.1 Å². The number of hydrogen-bond donors (Lipinski definition) is 2. The van der Waals surface area contributed by atoms with E-state index < -0.39 is 35.6 Å². The lowest BCUT2D eigenvalue weighted by Gasteiger charge is -2.25. The van der Waals surface area contributed by atoms with E-state index in [1.165, 1.54) is 0 Å². The van der Waals surface area contributed by atoms with Crippen LogP contribution in [0.1, 0.15) is 30.4 Å². The second-order valence-corrected chi connectivity index (χ2v) is 8.44. The van der Waals surface area contributed by atoms with Crippen molar-refractivity contribution in [3.05, 3.63) is 88.9 Å². The van der Waals surface area contributed by atoms with E-state index in [9.17, 15) is 28.3 Å². The van der Waals surface area contributed by atoms with Gasteiger partial charge in [0.25, 0.3) is 0 Å². The molecular weight excluding hydrogens is 481 g/mol. The Hall–Kier alpha value is -3.70. The summed E-state index contributed by atoms with van der Waals surface area (Å²) in [7, 11) is 0. The quantitative estimate of drug-likeness (QED) is 0.319. The zero-order chi connectivity index (χ0) is 25.6. The molecule has 3 atom stereocenters. The molecule has 0 spiro atoms. The molecule has 0 radical (unpaired) electrons. The highest BCUT2D eigenvalue weighted by Crippen LogP contribution is 2.35. The van der Waals surface area contributed by atoms with Crippen molar-refractivity contribution >= 4 is 23.3 Å². The predicted octanol–water partition coefficient (Wildman–Crippen LogP) is 7.35. The van der Waals surface area contributed by atoms with Gasteiger partial charge in [-0.25, -0.2) is 4.79 Å². The minimum Gasteiger partial charge on any atom is -0.480 e. The van der Waals surface area contributed by atoms with E-state index in [2.05, 4.69) is 11.4 Å². The number of aliphatic carboxylic acids is 1. The van der Waals surface area contributed by atoms with E-state index >= 15 is 0 Å². The molecule has 0 aromatic heterocycles. The van der Waals surface area contributed by atoms with Crippen molar-refractivity contribution in [1.82, 2.24) is 0 Å². The van der Waals surface area contributed by atoms with Crippen LogP contribution >= 0.6 is 11.6 Å². The summed E-state index contributed by atoms with van der Waals surface area (Å²) in [5.74, 6) is -1.27. The zero-order valence-electron chi connectivity index (χ0n) is 18.6. The van der Waals surface area contributed by atoms with E-state index in [1.54, 1.807) is 43.3 Å². The molecule has 0 aliphatic carbocycles. The highest BCUT2D eigenvalue weighted by atomic mass is 35.5. The van der Waals surface area contributed by atoms with Crippen molar-refractivity contribution in [2.24, 2.45) is 5.92 Å². The number of nitriles is 1. The van der Waals surface area contributed by atoms with Gasteiger partial charge in [-0.1, -0.05) is 48.9 Å². The third-order valence-corrected chi connectivity index (χ3v) is 5.76. The van der Waals surface area contributed by atoms with Gasteiger partial charge < -0.3 is 15.2 Å². The molecule has 0 aliphatic rings. The van der Waals surface area contributed by atoms with Gasteiger partial charge in [-0.3, -0.25) is 0 Å². The Balaban J connectivity index is 1.75. The van der Waals surface area contributed by atoms with Crippen molar-refractivity contribution in [2.75, 3.05) is 5.32 Å². The Kier molecular flexibility index (Phi) is 8.26. The number of carboxylic acids is 1. The molecule has 35 heavy (non-hydrogen) atoms. The molecule has 0 bridgehead atoms. The first-order valence-electron chi connectivity index (χ1n) is 10.7. The monoisotopic (exact) mass is 502 g/mol. The average Bonchev–Trinajstić information content (AvgIpc) is 2.81. The van der Waals surface area contributed by atoms with Gasteiger partial charge in [0.2, 0.25) is 0 Å². The van der Waals surface area contributed by atoms with Crippen molar-refractivity contribution < 1.29 is 27.8 Å². The molecule has 0 heterocycles. The van der Waals surface area contributed by atoms with Gasteiger partial charge in [0.05, 0.1) is 28.3 Å². The molecule has 3 rings (SSSR count). The van der Waals surface area contributed by atoms with Gasteiger partial charge >= 0.3 is 12.1 Å². The summed E-state index contributed by atoms with van der Waals surface area (Å²) in [5, 5.41) is 22.0. The maximum atomic E-state index is 12.9. The SMILES string of the molecule is CC(CC(C#N)c1cccc(Oc2ccccc2)c1)C(Nc1ccc(C(F)(F)F)cc1Cl)C(=O)O. The lowest BCUT2D eigenvalue weighted by molar-refractivity contribution is -0.139. The number of carbonyl (C=O) groups is 1. The van der Waals surface area contributed by atoms with Crippen LogP contribution in [0.15, 0.2) is 72.8 Å². The van der Waals surface area contributed by atoms with Gasteiger partial charge in [0.15, 0.2) is 0 Å². The largest absolute Gasteiger partial charge is 0.480 e. The number of anilines is 1. The van der Waals surface area contributed by atoms with Crippen LogP contribution in [0.4, 0.5) is 18.9 Å². The summed E-state index contributed by atoms with van der Waals surface area (Å²) in [5.41, 5.74) is -0.217. The molecule has 5 nitrogen and oxygen atoms in total. The highest BCUT2D eigenvalue weighted by molar-refractivity contribution is 6.33. The fourth-order valence-corrected chi connectivity index (χ4v) is 3.85. The average molecular weight is 503 g/mol. The number of benzene rings is 3. The Labute approximate surface area is 205 Å². The number of hydrogen-bond acceptors (Lipinski definition) is 4. The van der Waals surface area contributed by atoms with Crippen LogP contribution in [0.3, 0.4) is 0 Å². The summed E-state index contributed by atoms with van der Waals surface area (Å²) in [6.45, 7) is 1.65. The minimum atomic E-state index is -4.57. The predicted molar refractivity (Wildman–Crippen MR) is 127 cm³/mol. The molecule has 0 aliphatic heterocycles. The fourth-order valence-electron chi connectivity index (χ4n) is 3.61. The summed E-state index contributed by atoms with van der Waals surface area (Å²) in [6.07, 6.45) is -4.39. The molecule has 0 fully saturated rings. The van der Waals surface area contributed by atoms with Crippen LogP contribution in [0.2, 0.25) is 5.02 Å². The molecule has 0 saturated carbocycles. The van der Waals surface area contributed by atoms with Gasteiger partial charge in [-0.15, -0.1) is 0 Å². The molecular formula is C26H22ClF3N2O3. The zero-order valence-corrected chi connectivity index (χ0v) is 19.3. The van der Waals surface area contributed by atoms with Crippen LogP contribution in [0, 0.1) is 17.2 Å². The molecule has 9 heteroatoms. The van der Waals surface area contributed by atoms with Gasteiger partial charge in [0.1, 0.15) is 17.5 Å². The minimum absolute atomic E-state index is 0.0608. The number of rotatable bonds is 9. The Bertz CT molecular complexity index is 1210. The number of para-hydroxylation sites is 1. The summed E-state index contributed by atoms with van der Waals surface area (Å²) in [6, 6.07) is 19.8. The number of halogens is 4. The first-order chi connectivity index (χ1) is 16.6. The Morgan fingerprint density at radius 2 is 1.77 bits per heavy atom. The maximum Gasteiger partial charge on any atom is 0.416 e. The van der Waals surface area contributed by atoms with E-state index in [1.807, 2.05) is 18.2 Å². The van der Waals surface area contributed by atoms with Crippen LogP contribution in [0.25, 0.3) is 0 Å². The third-order valence-electron chi connectivity index (χ3n) is 5.45. The molecule has 0 amide bonds. The molecule has 2 N–H and O–H groups in total. The Morgan fingerprint density at radius 3 is 2.37 bits per heavy atom. The van der Waals surface area contributed by atoms with Gasteiger partial charge in [-0.05, 0) is 60.4 Å². The molecule has 182 valence electrons. The fraction of sp³-hybridized carbons (Fsp3) is 0.231. The molecule has 0 saturated heterocycles. The lowest BCUT2D eigenvalue weighted by atomic mass is 9.86. The molecule has 3 unspecified atom stereocenters. The molecule has 3 aromatic rings. The van der Waals surface area contributed by atoms with Crippen LogP contribution in [-0.2, 0) is 11.0 Å². The van der Waals surface area contributed by atoms with Gasteiger partial charge in [0, 0.05) is 0 Å².